The lowest BCUT2D eigenvalue weighted by molar-refractivity contribution is 0.590. The summed E-state index contributed by atoms with van der Waals surface area (Å²) in [6.45, 7) is 6.61. The molecule has 0 aliphatic rings. The molecule has 0 saturated heterocycles. The lowest BCUT2D eigenvalue weighted by Crippen LogP contribution is -2.10. The smallest absolute Gasteiger partial charge is 0.227 e. The molecule has 0 atom stereocenters. The average Bonchev–Trinajstić information content (AvgIpc) is 3.60. The van der Waals surface area contributed by atoms with Crippen LogP contribution in [0.4, 0.5) is 0 Å². The van der Waals surface area contributed by atoms with Crippen LogP contribution in [0.15, 0.2) is 108 Å². The van der Waals surface area contributed by atoms with Gasteiger partial charge in [-0.05, 0) is 58.5 Å². The minimum Gasteiger partial charge on any atom is -0.436 e. The van der Waals surface area contributed by atoms with Crippen molar-refractivity contribution in [3.8, 4) is 28.4 Å². The SMILES string of the molecule is CC(C)(C)c1ccc2oc(-c3ccc(C=Cc4ccc(-n5ncc(-c6ccccc6)n5)cc4)cc3)nc2c1. The quantitative estimate of drug-likeness (QED) is 0.226. The molecule has 0 saturated carbocycles. The fourth-order valence-electron chi connectivity index (χ4n) is 4.29. The van der Waals surface area contributed by atoms with Crippen molar-refractivity contribution in [2.75, 3.05) is 0 Å². The van der Waals surface area contributed by atoms with Crippen LogP contribution in [-0.2, 0) is 5.41 Å². The molecule has 6 rings (SSSR count). The third kappa shape index (κ3) is 4.91. The highest BCUT2D eigenvalue weighted by Crippen LogP contribution is 2.29. The van der Waals surface area contributed by atoms with E-state index >= 15 is 0 Å². The maximum atomic E-state index is 6.02. The summed E-state index contributed by atoms with van der Waals surface area (Å²) < 4.78 is 6.02. The molecule has 186 valence electrons. The van der Waals surface area contributed by atoms with Crippen LogP contribution in [0.3, 0.4) is 0 Å². The Labute approximate surface area is 222 Å². The molecule has 4 aromatic carbocycles. The van der Waals surface area contributed by atoms with Gasteiger partial charge in [0.05, 0.1) is 11.9 Å². The molecule has 0 aliphatic carbocycles. The van der Waals surface area contributed by atoms with Crippen molar-refractivity contribution in [1.29, 1.82) is 0 Å². The number of aromatic nitrogens is 4. The number of rotatable bonds is 5. The fourth-order valence-corrected chi connectivity index (χ4v) is 4.29. The predicted molar refractivity (Wildman–Crippen MR) is 154 cm³/mol. The van der Waals surface area contributed by atoms with E-state index in [2.05, 4.69) is 79.5 Å². The third-order valence-corrected chi connectivity index (χ3v) is 6.56. The van der Waals surface area contributed by atoms with E-state index in [1.807, 2.05) is 60.7 Å². The molecule has 0 unspecified atom stereocenters. The van der Waals surface area contributed by atoms with Crippen molar-refractivity contribution >= 4 is 23.3 Å². The Bertz CT molecular complexity index is 1720. The summed E-state index contributed by atoms with van der Waals surface area (Å²) in [6, 6.07) is 32.7. The first-order valence-corrected chi connectivity index (χ1v) is 12.7. The Hall–Kier alpha value is -4.77. The van der Waals surface area contributed by atoms with E-state index in [1.165, 1.54) is 5.56 Å². The summed E-state index contributed by atoms with van der Waals surface area (Å²) in [5.74, 6) is 0.639. The van der Waals surface area contributed by atoms with Gasteiger partial charge in [0.25, 0.3) is 0 Å². The zero-order valence-electron chi connectivity index (χ0n) is 21.7. The molecular weight excluding hydrogens is 468 g/mol. The standard InChI is InChI=1S/C33H28N4O/c1-33(2,3)27-17-20-31-29(21-27)35-32(38-31)26-15-11-23(12-16-26)9-10-24-13-18-28(19-14-24)37-34-22-30(36-37)25-7-5-4-6-8-25/h4-22H,1-3H3. The average molecular weight is 497 g/mol. The second kappa shape index (κ2) is 9.60. The van der Waals surface area contributed by atoms with Crippen molar-refractivity contribution in [3.05, 3.63) is 120 Å². The van der Waals surface area contributed by atoms with Gasteiger partial charge >= 0.3 is 0 Å². The van der Waals surface area contributed by atoms with Gasteiger partial charge in [0.2, 0.25) is 5.89 Å². The molecule has 38 heavy (non-hydrogen) atoms. The van der Waals surface area contributed by atoms with Crippen molar-refractivity contribution in [2.45, 2.75) is 26.2 Å². The van der Waals surface area contributed by atoms with Crippen molar-refractivity contribution in [2.24, 2.45) is 0 Å². The monoisotopic (exact) mass is 496 g/mol. The van der Waals surface area contributed by atoms with Crippen LogP contribution in [-0.4, -0.2) is 20.0 Å². The number of oxazole rings is 1. The summed E-state index contributed by atoms with van der Waals surface area (Å²) in [5.41, 5.74) is 9.00. The summed E-state index contributed by atoms with van der Waals surface area (Å²) >= 11 is 0. The molecule has 5 nitrogen and oxygen atoms in total. The number of benzene rings is 4. The van der Waals surface area contributed by atoms with E-state index in [0.29, 0.717) is 5.89 Å². The van der Waals surface area contributed by atoms with Gasteiger partial charge in [-0.2, -0.15) is 9.90 Å². The summed E-state index contributed by atoms with van der Waals surface area (Å²) in [7, 11) is 0. The van der Waals surface area contributed by atoms with Gasteiger partial charge in [-0.1, -0.05) is 93.6 Å². The normalized spacial score (nSPS) is 12.0. The van der Waals surface area contributed by atoms with Crippen LogP contribution in [0.5, 0.6) is 0 Å². The topological polar surface area (TPSA) is 56.7 Å². The van der Waals surface area contributed by atoms with Crippen molar-refractivity contribution in [3.63, 3.8) is 0 Å². The summed E-state index contributed by atoms with van der Waals surface area (Å²) in [4.78, 5) is 6.39. The van der Waals surface area contributed by atoms with E-state index < -0.39 is 0 Å². The van der Waals surface area contributed by atoms with Gasteiger partial charge in [-0.15, -0.1) is 5.10 Å². The van der Waals surface area contributed by atoms with Gasteiger partial charge in [0.15, 0.2) is 5.58 Å². The Morgan fingerprint density at radius 3 is 2.11 bits per heavy atom. The maximum absolute atomic E-state index is 6.02. The van der Waals surface area contributed by atoms with Crippen LogP contribution >= 0.6 is 0 Å². The van der Waals surface area contributed by atoms with Crippen LogP contribution in [0.1, 0.15) is 37.5 Å². The highest BCUT2D eigenvalue weighted by molar-refractivity contribution is 5.78. The molecule has 0 amide bonds. The first-order chi connectivity index (χ1) is 18.4. The zero-order chi connectivity index (χ0) is 26.1. The molecule has 0 spiro atoms. The van der Waals surface area contributed by atoms with Gasteiger partial charge < -0.3 is 4.42 Å². The van der Waals surface area contributed by atoms with Gasteiger partial charge in [0, 0.05) is 11.1 Å². The van der Waals surface area contributed by atoms with E-state index in [0.717, 1.165) is 44.7 Å². The Morgan fingerprint density at radius 1 is 0.737 bits per heavy atom. The fraction of sp³-hybridized carbons (Fsp3) is 0.121. The van der Waals surface area contributed by atoms with Gasteiger partial charge in [-0.3, -0.25) is 0 Å². The van der Waals surface area contributed by atoms with Crippen molar-refractivity contribution < 1.29 is 4.42 Å². The predicted octanol–water partition coefficient (Wildman–Crippen LogP) is 8.21. The Kier molecular flexibility index (Phi) is 5.97. The molecule has 5 heteroatoms. The minimum atomic E-state index is 0.0730. The van der Waals surface area contributed by atoms with E-state index in [1.54, 1.807) is 11.0 Å². The second-order valence-electron chi connectivity index (χ2n) is 10.4. The summed E-state index contributed by atoms with van der Waals surface area (Å²) in [6.07, 6.45) is 5.98. The van der Waals surface area contributed by atoms with Crippen LogP contribution in [0.25, 0.3) is 51.7 Å². The molecule has 0 bridgehead atoms. The first kappa shape index (κ1) is 23.6. The van der Waals surface area contributed by atoms with Crippen molar-refractivity contribution in [1.82, 2.24) is 20.0 Å². The highest BCUT2D eigenvalue weighted by Gasteiger charge is 2.16. The number of nitrogens with zero attached hydrogens (tertiary/aromatic N) is 4. The number of hydrogen-bond acceptors (Lipinski definition) is 4. The molecular formula is C33H28N4O. The number of fused-ring (bicyclic) bond motifs is 1. The molecule has 6 aromatic rings. The molecule has 0 fully saturated rings. The Balaban J connectivity index is 1.15. The summed E-state index contributed by atoms with van der Waals surface area (Å²) in [5, 5.41) is 9.03. The minimum absolute atomic E-state index is 0.0730. The molecule has 0 aliphatic heterocycles. The lowest BCUT2D eigenvalue weighted by atomic mass is 9.87. The molecule has 0 N–H and O–H groups in total. The van der Waals surface area contributed by atoms with E-state index in [4.69, 9.17) is 9.40 Å². The van der Waals surface area contributed by atoms with Crippen LogP contribution in [0, 0.1) is 0 Å². The maximum Gasteiger partial charge on any atom is 0.227 e. The Morgan fingerprint density at radius 2 is 1.42 bits per heavy atom. The zero-order valence-corrected chi connectivity index (χ0v) is 21.7. The lowest BCUT2D eigenvalue weighted by Gasteiger charge is -2.18. The van der Waals surface area contributed by atoms with E-state index in [-0.39, 0.29) is 5.41 Å². The number of hydrogen-bond donors (Lipinski definition) is 0. The second-order valence-corrected chi connectivity index (χ2v) is 10.4. The van der Waals surface area contributed by atoms with Gasteiger partial charge in [0.1, 0.15) is 11.2 Å². The van der Waals surface area contributed by atoms with Gasteiger partial charge in [-0.25, -0.2) is 4.98 Å². The first-order valence-electron chi connectivity index (χ1n) is 12.7. The van der Waals surface area contributed by atoms with E-state index in [9.17, 15) is 0 Å². The molecule has 2 aromatic heterocycles. The third-order valence-electron chi connectivity index (χ3n) is 6.56. The van der Waals surface area contributed by atoms with Crippen LogP contribution < -0.4 is 0 Å². The molecule has 2 heterocycles. The van der Waals surface area contributed by atoms with Crippen LogP contribution in [0.2, 0.25) is 0 Å². The largest absolute Gasteiger partial charge is 0.436 e. The molecule has 0 radical (unpaired) electrons. The highest BCUT2D eigenvalue weighted by atomic mass is 16.3.